The minimum absolute atomic E-state index is 0.152. The normalized spacial score (nSPS) is 33.5. The van der Waals surface area contributed by atoms with E-state index < -0.39 is 48.5 Å². The van der Waals surface area contributed by atoms with Crippen LogP contribution >= 0.6 is 0 Å². The van der Waals surface area contributed by atoms with Crippen molar-refractivity contribution in [3.8, 4) is 0 Å². The van der Waals surface area contributed by atoms with E-state index in [0.29, 0.717) is 18.3 Å². The molecule has 0 aromatic carbocycles. The lowest BCUT2D eigenvalue weighted by Gasteiger charge is -2.60. The number of rotatable bonds is 6. The molecule has 4 saturated carbocycles. The number of ether oxygens (including phenoxy) is 2. The summed E-state index contributed by atoms with van der Waals surface area (Å²) in [7, 11) is 0. The van der Waals surface area contributed by atoms with Crippen LogP contribution in [0, 0.1) is 23.7 Å². The molecule has 30 heavy (non-hydrogen) atoms. The molecule has 4 aliphatic carbocycles. The standard InChI is InChI=1S/C19H24F6O5/c1-2-16(12-4-10-3-11(6-12)7-13(16)5-10)30-15(27)9-29-14(26)8-17(28,18(20,21)22)19(23,24)25/h10-13,28H,2-9H2,1H3. The largest absolute Gasteiger partial charge is 0.456 e. The van der Waals surface area contributed by atoms with Crippen LogP contribution < -0.4 is 0 Å². The Balaban J connectivity index is 1.60. The summed E-state index contributed by atoms with van der Waals surface area (Å²) in [5, 5.41) is 9.03. The van der Waals surface area contributed by atoms with Crippen LogP contribution in [0.2, 0.25) is 0 Å². The Morgan fingerprint density at radius 1 is 0.900 bits per heavy atom. The lowest BCUT2D eigenvalue weighted by Crippen LogP contribution is -2.59. The van der Waals surface area contributed by atoms with Gasteiger partial charge in [-0.3, -0.25) is 4.79 Å². The number of esters is 2. The van der Waals surface area contributed by atoms with Gasteiger partial charge in [-0.05, 0) is 62.2 Å². The third-order valence-electron chi connectivity index (χ3n) is 7.07. The minimum atomic E-state index is -6.14. The van der Waals surface area contributed by atoms with Gasteiger partial charge in [0.2, 0.25) is 0 Å². The second kappa shape index (κ2) is 7.56. The van der Waals surface area contributed by atoms with Gasteiger partial charge < -0.3 is 14.6 Å². The summed E-state index contributed by atoms with van der Waals surface area (Å²) in [6.07, 6.45) is -9.33. The zero-order valence-electron chi connectivity index (χ0n) is 16.3. The van der Waals surface area contributed by atoms with E-state index in [1.807, 2.05) is 6.92 Å². The van der Waals surface area contributed by atoms with Crippen molar-refractivity contribution in [2.24, 2.45) is 23.7 Å². The number of carbonyl (C=O) groups excluding carboxylic acids is 2. The van der Waals surface area contributed by atoms with Crippen LogP contribution in [0.1, 0.15) is 51.9 Å². The predicted octanol–water partition coefficient (Wildman–Crippen LogP) is 3.92. The molecule has 11 heteroatoms. The molecule has 1 N–H and O–H groups in total. The molecule has 0 radical (unpaired) electrons. The van der Waals surface area contributed by atoms with Gasteiger partial charge in [0.1, 0.15) is 5.60 Å². The zero-order chi connectivity index (χ0) is 22.5. The van der Waals surface area contributed by atoms with Crippen LogP contribution in [0.15, 0.2) is 0 Å². The second-order valence-corrected chi connectivity index (χ2v) is 8.78. The molecule has 0 aromatic heterocycles. The molecule has 4 fully saturated rings. The van der Waals surface area contributed by atoms with E-state index in [2.05, 4.69) is 4.74 Å². The van der Waals surface area contributed by atoms with Gasteiger partial charge in [-0.15, -0.1) is 0 Å². The highest BCUT2D eigenvalue weighted by molar-refractivity contribution is 5.77. The molecule has 0 aromatic rings. The van der Waals surface area contributed by atoms with Crippen molar-refractivity contribution in [1.82, 2.24) is 0 Å². The Kier molecular flexibility index (Phi) is 5.83. The number of hydrogen-bond acceptors (Lipinski definition) is 5. The average molecular weight is 446 g/mol. The summed E-state index contributed by atoms with van der Waals surface area (Å²) in [4.78, 5) is 23.8. The van der Waals surface area contributed by atoms with E-state index in [1.165, 1.54) is 6.42 Å². The van der Waals surface area contributed by atoms with Gasteiger partial charge in [0.25, 0.3) is 5.60 Å². The fourth-order valence-corrected chi connectivity index (χ4v) is 5.80. The maximum Gasteiger partial charge on any atom is 0.426 e. The van der Waals surface area contributed by atoms with Crippen LogP contribution in [-0.4, -0.2) is 47.2 Å². The molecular formula is C19H24F6O5. The first kappa shape index (κ1) is 23.1. The van der Waals surface area contributed by atoms with Gasteiger partial charge in [-0.25, -0.2) is 4.79 Å². The topological polar surface area (TPSA) is 72.8 Å². The highest BCUT2D eigenvalue weighted by atomic mass is 19.4. The maximum atomic E-state index is 12.7. The Hall–Kier alpha value is -1.52. The molecule has 0 heterocycles. The number of hydrogen-bond donors (Lipinski definition) is 1. The van der Waals surface area contributed by atoms with E-state index in [9.17, 15) is 35.9 Å². The molecule has 4 rings (SSSR count). The highest BCUT2D eigenvalue weighted by Crippen LogP contribution is 2.60. The van der Waals surface area contributed by atoms with Crippen LogP contribution in [0.3, 0.4) is 0 Å². The quantitative estimate of drug-likeness (QED) is 0.495. The molecule has 0 aliphatic heterocycles. The van der Waals surface area contributed by atoms with E-state index in [-0.39, 0.29) is 11.8 Å². The van der Waals surface area contributed by atoms with Crippen LogP contribution in [0.25, 0.3) is 0 Å². The van der Waals surface area contributed by atoms with Gasteiger partial charge in [0.15, 0.2) is 6.61 Å². The van der Waals surface area contributed by atoms with Gasteiger partial charge in [0, 0.05) is 0 Å². The highest BCUT2D eigenvalue weighted by Gasteiger charge is 2.71. The SMILES string of the molecule is CCC1(OC(=O)COC(=O)CC(O)(C(F)(F)F)C(F)(F)F)C2CC3CC(C2)CC1C3. The van der Waals surface area contributed by atoms with E-state index in [4.69, 9.17) is 9.84 Å². The summed E-state index contributed by atoms with van der Waals surface area (Å²) in [5.41, 5.74) is -6.00. The Bertz CT molecular complexity index is 644. The second-order valence-electron chi connectivity index (χ2n) is 8.78. The van der Waals surface area contributed by atoms with Crippen molar-refractivity contribution in [3.05, 3.63) is 0 Å². The monoisotopic (exact) mass is 446 g/mol. The van der Waals surface area contributed by atoms with E-state index in [1.54, 1.807) is 0 Å². The zero-order valence-corrected chi connectivity index (χ0v) is 16.3. The van der Waals surface area contributed by atoms with Crippen molar-refractivity contribution in [3.63, 3.8) is 0 Å². The summed E-state index contributed by atoms with van der Waals surface area (Å²) in [5.74, 6) is -1.53. The molecule has 0 spiro atoms. The van der Waals surface area contributed by atoms with Gasteiger partial charge >= 0.3 is 24.3 Å². The third-order valence-corrected chi connectivity index (χ3v) is 7.07. The smallest absolute Gasteiger partial charge is 0.426 e. The predicted molar refractivity (Wildman–Crippen MR) is 88.8 cm³/mol. The fraction of sp³-hybridized carbons (Fsp3) is 0.895. The van der Waals surface area contributed by atoms with Crippen LogP contribution in [0.4, 0.5) is 26.3 Å². The average Bonchev–Trinajstić information content (AvgIpc) is 2.60. The number of alkyl halides is 6. The third kappa shape index (κ3) is 3.89. The summed E-state index contributed by atoms with van der Waals surface area (Å²) < 4.78 is 85.9. The molecule has 4 bridgehead atoms. The molecule has 0 amide bonds. The lowest BCUT2D eigenvalue weighted by atomic mass is 9.49. The summed E-state index contributed by atoms with van der Waals surface area (Å²) in [6.45, 7) is 0.757. The number of aliphatic hydroxyl groups is 1. The molecule has 0 unspecified atom stereocenters. The van der Waals surface area contributed by atoms with Crippen molar-refractivity contribution in [1.29, 1.82) is 0 Å². The Morgan fingerprint density at radius 2 is 1.37 bits per heavy atom. The molecule has 0 atom stereocenters. The first-order valence-corrected chi connectivity index (χ1v) is 9.95. The van der Waals surface area contributed by atoms with Crippen molar-refractivity contribution < 1.29 is 50.5 Å². The van der Waals surface area contributed by atoms with Crippen LogP contribution in [-0.2, 0) is 19.1 Å². The van der Waals surface area contributed by atoms with E-state index in [0.717, 1.165) is 25.7 Å². The summed E-state index contributed by atoms with van der Waals surface area (Å²) >= 11 is 0. The van der Waals surface area contributed by atoms with Gasteiger partial charge in [-0.2, -0.15) is 26.3 Å². The van der Waals surface area contributed by atoms with Gasteiger partial charge in [0.05, 0.1) is 6.42 Å². The molecule has 172 valence electrons. The first-order chi connectivity index (χ1) is 13.7. The van der Waals surface area contributed by atoms with Crippen molar-refractivity contribution in [2.75, 3.05) is 6.61 Å². The molecule has 4 aliphatic rings. The summed E-state index contributed by atoms with van der Waals surface area (Å²) in [6, 6.07) is 0. The Labute approximate surface area is 169 Å². The van der Waals surface area contributed by atoms with Crippen molar-refractivity contribution in [2.45, 2.75) is 75.4 Å². The first-order valence-electron chi connectivity index (χ1n) is 9.95. The molecular weight excluding hydrogens is 422 g/mol. The Morgan fingerprint density at radius 3 is 1.77 bits per heavy atom. The molecule has 0 saturated heterocycles. The minimum Gasteiger partial charge on any atom is -0.456 e. The van der Waals surface area contributed by atoms with Gasteiger partial charge in [-0.1, -0.05) is 6.92 Å². The maximum absolute atomic E-state index is 12.7. The lowest BCUT2D eigenvalue weighted by molar-refractivity contribution is -0.368. The van der Waals surface area contributed by atoms with Crippen LogP contribution in [0.5, 0.6) is 0 Å². The number of halogens is 6. The van der Waals surface area contributed by atoms with E-state index >= 15 is 0 Å². The number of carbonyl (C=O) groups is 2. The fourth-order valence-electron chi connectivity index (χ4n) is 5.80. The molecule has 5 nitrogen and oxygen atoms in total. The van der Waals surface area contributed by atoms with Crippen molar-refractivity contribution >= 4 is 11.9 Å².